The minimum absolute atomic E-state index is 0.0116. The van der Waals surface area contributed by atoms with Crippen LogP contribution in [0.3, 0.4) is 0 Å². The molecule has 2 nitrogen and oxygen atoms in total. The number of hydrogen-bond donors (Lipinski definition) is 0. The summed E-state index contributed by atoms with van der Waals surface area (Å²) in [4.78, 5) is 20.9. The lowest BCUT2D eigenvalue weighted by molar-refractivity contribution is -0.114. The fourth-order valence-electron chi connectivity index (χ4n) is 3.15. The van der Waals surface area contributed by atoms with Gasteiger partial charge in [0.2, 0.25) is 0 Å². The minimum Gasteiger partial charge on any atom is -0.290 e. The molecule has 25 heavy (non-hydrogen) atoms. The van der Waals surface area contributed by atoms with Crippen LogP contribution in [0.15, 0.2) is 83.9 Å². The van der Waals surface area contributed by atoms with Crippen LogP contribution in [0, 0.1) is 0 Å². The van der Waals surface area contributed by atoms with E-state index >= 15 is 0 Å². The summed E-state index contributed by atoms with van der Waals surface area (Å²) < 4.78 is 0. The van der Waals surface area contributed by atoms with E-state index in [-0.39, 0.29) is 16.6 Å². The Morgan fingerprint density at radius 1 is 0.600 bits per heavy atom. The van der Waals surface area contributed by atoms with Gasteiger partial charge in [0.15, 0.2) is 11.6 Å². The molecule has 0 amide bonds. The number of ketones is 2. The molecule has 0 saturated heterocycles. The highest BCUT2D eigenvalue weighted by Crippen LogP contribution is 2.33. The van der Waals surface area contributed by atoms with Crippen molar-refractivity contribution in [1.82, 2.24) is 0 Å². The Balaban J connectivity index is 0.000000150. The molecule has 0 fully saturated rings. The highest BCUT2D eigenvalue weighted by Gasteiger charge is 2.09. The van der Waals surface area contributed by atoms with Gasteiger partial charge in [-0.15, -0.1) is 0 Å². The Kier molecular flexibility index (Phi) is 3.83. The first-order chi connectivity index (χ1) is 12.1. The zero-order valence-electron chi connectivity index (χ0n) is 13.2. The molecule has 0 bridgehead atoms. The largest absolute Gasteiger partial charge is 0.290 e. The van der Waals surface area contributed by atoms with Gasteiger partial charge in [-0.3, -0.25) is 9.59 Å². The van der Waals surface area contributed by atoms with Crippen LogP contribution < -0.4 is 0 Å². The molecule has 0 unspecified atom stereocenters. The summed E-state index contributed by atoms with van der Waals surface area (Å²) in [5.74, 6) is -0.545. The quantitative estimate of drug-likeness (QED) is 0.316. The van der Waals surface area contributed by atoms with Crippen LogP contribution in [-0.4, -0.2) is 11.6 Å². The molecule has 0 radical (unpaired) electrons. The van der Waals surface area contributed by atoms with E-state index in [1.165, 1.54) is 38.4 Å². The van der Waals surface area contributed by atoms with Gasteiger partial charge in [-0.2, -0.15) is 0 Å². The van der Waals surface area contributed by atoms with Crippen molar-refractivity contribution in [3.05, 3.63) is 83.9 Å². The third kappa shape index (κ3) is 2.81. The SMILES string of the molecule is O=C1C=CC(=O)C(Cl)=C1.c1cc2ccc3cccc4ccc(c1)c2c34. The Bertz CT molecular complexity index is 1050. The molecule has 0 N–H and O–H groups in total. The molecule has 0 atom stereocenters. The highest BCUT2D eigenvalue weighted by atomic mass is 35.5. The number of benzene rings is 4. The van der Waals surface area contributed by atoms with Gasteiger partial charge < -0.3 is 0 Å². The van der Waals surface area contributed by atoms with Gasteiger partial charge >= 0.3 is 0 Å². The number of hydrogen-bond acceptors (Lipinski definition) is 2. The predicted molar refractivity (Wildman–Crippen MR) is 103 cm³/mol. The lowest BCUT2D eigenvalue weighted by Crippen LogP contribution is -2.02. The maximum absolute atomic E-state index is 10.5. The molecule has 5 rings (SSSR count). The fourth-order valence-corrected chi connectivity index (χ4v) is 3.32. The second-order valence-electron chi connectivity index (χ2n) is 5.88. The van der Waals surface area contributed by atoms with Gasteiger partial charge in [-0.1, -0.05) is 72.3 Å². The van der Waals surface area contributed by atoms with Gasteiger partial charge in [0.05, 0.1) is 5.03 Å². The molecule has 120 valence electrons. The first-order valence-electron chi connectivity index (χ1n) is 7.89. The Labute approximate surface area is 149 Å². The molecule has 4 aromatic carbocycles. The van der Waals surface area contributed by atoms with Crippen LogP contribution in [-0.2, 0) is 9.59 Å². The van der Waals surface area contributed by atoms with Crippen molar-refractivity contribution in [2.24, 2.45) is 0 Å². The summed E-state index contributed by atoms with van der Waals surface area (Å²) in [5, 5.41) is 8.13. The average Bonchev–Trinajstić information content (AvgIpc) is 2.64. The second kappa shape index (κ2) is 6.15. The molecule has 4 aromatic rings. The molecule has 0 spiro atoms. The van der Waals surface area contributed by atoms with Crippen molar-refractivity contribution in [3.63, 3.8) is 0 Å². The topological polar surface area (TPSA) is 34.1 Å². The van der Waals surface area contributed by atoms with E-state index in [2.05, 4.69) is 60.7 Å². The number of allylic oxidation sites excluding steroid dienone is 4. The first-order valence-corrected chi connectivity index (χ1v) is 8.27. The van der Waals surface area contributed by atoms with Gasteiger partial charge in [-0.25, -0.2) is 0 Å². The molecular weight excluding hydrogens is 332 g/mol. The van der Waals surface area contributed by atoms with Crippen molar-refractivity contribution >= 4 is 55.5 Å². The van der Waals surface area contributed by atoms with Crippen LogP contribution in [0.2, 0.25) is 0 Å². The Morgan fingerprint density at radius 2 is 1.04 bits per heavy atom. The third-order valence-corrected chi connectivity index (χ3v) is 4.59. The molecule has 0 aromatic heterocycles. The van der Waals surface area contributed by atoms with E-state index < -0.39 is 0 Å². The standard InChI is InChI=1S/C16H10.C6H3ClO2/c1-3-11-7-9-13-5-2-6-14-10-8-12(4-1)15(11)16(13)14;7-5-3-4(8)1-2-6(5)9/h1-10H;1-3H. The smallest absolute Gasteiger partial charge is 0.197 e. The van der Waals surface area contributed by atoms with Crippen molar-refractivity contribution in [3.8, 4) is 0 Å². The van der Waals surface area contributed by atoms with Crippen LogP contribution in [0.5, 0.6) is 0 Å². The summed E-state index contributed by atoms with van der Waals surface area (Å²) >= 11 is 5.30. The Hall–Kier alpha value is -2.97. The lowest BCUT2D eigenvalue weighted by atomic mass is 9.95. The predicted octanol–water partition coefficient (Wildman–Crippen LogP) is 5.40. The molecule has 1 aliphatic rings. The van der Waals surface area contributed by atoms with Gasteiger partial charge in [0.1, 0.15) is 0 Å². The van der Waals surface area contributed by atoms with E-state index in [1.54, 1.807) is 0 Å². The van der Waals surface area contributed by atoms with E-state index in [4.69, 9.17) is 11.6 Å². The molecule has 0 heterocycles. The van der Waals surface area contributed by atoms with E-state index in [1.807, 2.05) is 0 Å². The van der Waals surface area contributed by atoms with Crippen LogP contribution in [0.4, 0.5) is 0 Å². The minimum atomic E-state index is -0.309. The maximum atomic E-state index is 10.5. The second-order valence-corrected chi connectivity index (χ2v) is 6.29. The number of carbonyl (C=O) groups is 2. The Morgan fingerprint density at radius 3 is 1.40 bits per heavy atom. The first kappa shape index (κ1) is 15.6. The highest BCUT2D eigenvalue weighted by molar-refractivity contribution is 6.47. The molecular formula is C22H13ClO2. The average molecular weight is 345 g/mol. The van der Waals surface area contributed by atoms with Gasteiger partial charge in [0, 0.05) is 6.08 Å². The van der Waals surface area contributed by atoms with Gasteiger partial charge in [0.25, 0.3) is 0 Å². The third-order valence-electron chi connectivity index (χ3n) is 4.30. The van der Waals surface area contributed by atoms with Crippen LogP contribution >= 0.6 is 11.6 Å². The molecule has 0 aliphatic heterocycles. The van der Waals surface area contributed by atoms with Gasteiger partial charge in [-0.05, 0) is 44.5 Å². The monoisotopic (exact) mass is 344 g/mol. The summed E-state index contributed by atoms with van der Waals surface area (Å²) in [5.41, 5.74) is 0. The summed E-state index contributed by atoms with van der Waals surface area (Å²) in [6.45, 7) is 0. The summed E-state index contributed by atoms with van der Waals surface area (Å²) in [6.07, 6.45) is 3.45. The fraction of sp³-hybridized carbons (Fsp3) is 0. The molecule has 0 saturated carbocycles. The van der Waals surface area contributed by atoms with Crippen molar-refractivity contribution in [2.75, 3.05) is 0 Å². The summed E-state index contributed by atoms with van der Waals surface area (Å²) in [6, 6.07) is 21.9. The van der Waals surface area contributed by atoms with Crippen LogP contribution in [0.1, 0.15) is 0 Å². The summed E-state index contributed by atoms with van der Waals surface area (Å²) in [7, 11) is 0. The van der Waals surface area contributed by atoms with Crippen molar-refractivity contribution in [2.45, 2.75) is 0 Å². The molecule has 3 heteroatoms. The lowest BCUT2D eigenvalue weighted by Gasteiger charge is -2.09. The number of carbonyl (C=O) groups excluding carboxylic acids is 2. The van der Waals surface area contributed by atoms with Crippen molar-refractivity contribution in [1.29, 1.82) is 0 Å². The van der Waals surface area contributed by atoms with Crippen LogP contribution in [0.25, 0.3) is 32.3 Å². The molecule has 1 aliphatic carbocycles. The maximum Gasteiger partial charge on any atom is 0.197 e. The van der Waals surface area contributed by atoms with Crippen molar-refractivity contribution < 1.29 is 9.59 Å². The van der Waals surface area contributed by atoms with E-state index in [0.29, 0.717) is 0 Å². The zero-order chi connectivity index (χ0) is 17.4. The van der Waals surface area contributed by atoms with E-state index in [0.717, 1.165) is 12.2 Å². The zero-order valence-corrected chi connectivity index (χ0v) is 14.0. The normalized spacial score (nSPS) is 14.0. The number of rotatable bonds is 0. The van der Waals surface area contributed by atoms with E-state index in [9.17, 15) is 9.59 Å². The number of halogens is 1.